The Labute approximate surface area is 102 Å². The van der Waals surface area contributed by atoms with E-state index in [0.717, 1.165) is 21.6 Å². The number of nitrogen functional groups attached to an aromatic ring is 1. The third-order valence-corrected chi connectivity index (χ3v) is 3.58. The molecule has 0 spiro atoms. The molecule has 17 heavy (non-hydrogen) atoms. The first-order valence-electron chi connectivity index (χ1n) is 5.16. The number of thiazole rings is 1. The van der Waals surface area contributed by atoms with E-state index in [1.165, 1.54) is 11.3 Å². The van der Waals surface area contributed by atoms with Crippen molar-refractivity contribution in [3.05, 3.63) is 30.3 Å². The molecule has 0 saturated carbocycles. The van der Waals surface area contributed by atoms with Crippen LogP contribution in [0.3, 0.4) is 0 Å². The summed E-state index contributed by atoms with van der Waals surface area (Å²) in [6.07, 6.45) is 0. The molecule has 0 bridgehead atoms. The van der Waals surface area contributed by atoms with Crippen molar-refractivity contribution < 1.29 is 5.11 Å². The molecule has 3 aromatic rings. The molecule has 2 aromatic heterocycles. The number of aromatic nitrogens is 2. The Kier molecular flexibility index (Phi) is 2.09. The summed E-state index contributed by atoms with van der Waals surface area (Å²) in [6, 6.07) is 9.20. The molecular weight excluding hydrogens is 234 g/mol. The van der Waals surface area contributed by atoms with E-state index in [1.54, 1.807) is 12.1 Å². The number of hydrogen-bond acceptors (Lipinski definition) is 4. The smallest absolute Gasteiger partial charge is 0.182 e. The lowest BCUT2D eigenvalue weighted by Crippen LogP contribution is -1.92. The van der Waals surface area contributed by atoms with Crippen LogP contribution in [0, 0.1) is 0 Å². The summed E-state index contributed by atoms with van der Waals surface area (Å²) in [5.74, 6) is 0.271. The number of anilines is 1. The van der Waals surface area contributed by atoms with Gasteiger partial charge in [-0.2, -0.15) is 0 Å². The lowest BCUT2D eigenvalue weighted by Gasteiger charge is -2.03. The number of phenols is 1. The maximum Gasteiger partial charge on any atom is 0.182 e. The second kappa shape index (κ2) is 3.49. The van der Waals surface area contributed by atoms with Crippen molar-refractivity contribution in [2.45, 2.75) is 0 Å². The van der Waals surface area contributed by atoms with Crippen molar-refractivity contribution in [2.24, 2.45) is 7.05 Å². The Morgan fingerprint density at radius 1 is 1.29 bits per heavy atom. The van der Waals surface area contributed by atoms with Crippen LogP contribution in [-0.2, 0) is 7.05 Å². The summed E-state index contributed by atoms with van der Waals surface area (Å²) in [7, 11) is 1.96. The minimum Gasteiger partial charge on any atom is -0.508 e. The highest BCUT2D eigenvalue weighted by Gasteiger charge is 2.11. The zero-order chi connectivity index (χ0) is 12.0. The second-order valence-corrected chi connectivity index (χ2v) is 4.94. The maximum atomic E-state index is 9.28. The van der Waals surface area contributed by atoms with Crippen LogP contribution in [0.15, 0.2) is 30.3 Å². The second-order valence-electron chi connectivity index (χ2n) is 3.88. The number of aryl methyl sites for hydroxylation is 1. The number of nitrogens with zero attached hydrogens (tertiary/aromatic N) is 2. The molecule has 3 rings (SSSR count). The predicted molar refractivity (Wildman–Crippen MR) is 70.1 cm³/mol. The molecule has 0 aliphatic rings. The van der Waals surface area contributed by atoms with Crippen molar-refractivity contribution in [3.8, 4) is 17.0 Å². The van der Waals surface area contributed by atoms with Crippen molar-refractivity contribution in [3.63, 3.8) is 0 Å². The summed E-state index contributed by atoms with van der Waals surface area (Å²) in [5, 5.41) is 9.86. The number of benzene rings is 1. The summed E-state index contributed by atoms with van der Waals surface area (Å²) in [4.78, 5) is 4.29. The van der Waals surface area contributed by atoms with E-state index >= 15 is 0 Å². The van der Waals surface area contributed by atoms with Crippen molar-refractivity contribution in [2.75, 3.05) is 5.73 Å². The molecule has 5 heteroatoms. The van der Waals surface area contributed by atoms with Gasteiger partial charge < -0.3 is 15.4 Å². The van der Waals surface area contributed by atoms with Gasteiger partial charge in [-0.15, -0.1) is 0 Å². The van der Waals surface area contributed by atoms with E-state index in [0.29, 0.717) is 5.13 Å². The maximum absolute atomic E-state index is 9.28. The van der Waals surface area contributed by atoms with E-state index in [4.69, 9.17) is 5.73 Å². The molecule has 0 aliphatic heterocycles. The summed E-state index contributed by atoms with van der Waals surface area (Å²) in [5.41, 5.74) is 8.69. The van der Waals surface area contributed by atoms with Crippen LogP contribution in [0.5, 0.6) is 5.75 Å². The van der Waals surface area contributed by atoms with E-state index in [-0.39, 0.29) is 5.75 Å². The monoisotopic (exact) mass is 245 g/mol. The van der Waals surface area contributed by atoms with Gasteiger partial charge in [0.2, 0.25) is 0 Å². The summed E-state index contributed by atoms with van der Waals surface area (Å²) < 4.78 is 3.09. The topological polar surface area (TPSA) is 64.1 Å². The highest BCUT2D eigenvalue weighted by molar-refractivity contribution is 7.22. The molecule has 86 valence electrons. The summed E-state index contributed by atoms with van der Waals surface area (Å²) in [6.45, 7) is 0. The molecule has 2 heterocycles. The Balaban J connectivity index is 2.20. The molecule has 3 N–H and O–H groups in total. The highest BCUT2D eigenvalue weighted by Crippen LogP contribution is 2.32. The molecule has 0 amide bonds. The van der Waals surface area contributed by atoms with Gasteiger partial charge in [-0.05, 0) is 35.9 Å². The first-order chi connectivity index (χ1) is 8.15. The van der Waals surface area contributed by atoms with Gasteiger partial charge in [-0.1, -0.05) is 11.3 Å². The van der Waals surface area contributed by atoms with Gasteiger partial charge in [0.05, 0.1) is 10.4 Å². The number of phenolic OH excluding ortho intramolecular Hbond substituents is 1. The van der Waals surface area contributed by atoms with Gasteiger partial charge in [0.15, 0.2) is 10.8 Å². The zero-order valence-corrected chi connectivity index (χ0v) is 10.0. The van der Waals surface area contributed by atoms with Crippen LogP contribution >= 0.6 is 11.3 Å². The molecule has 0 atom stereocenters. The highest BCUT2D eigenvalue weighted by atomic mass is 32.1. The number of aromatic hydroxyl groups is 1. The predicted octanol–water partition coefficient (Wildman–Crippen LogP) is 2.59. The lowest BCUT2D eigenvalue weighted by molar-refractivity contribution is 0.475. The van der Waals surface area contributed by atoms with Gasteiger partial charge in [0.1, 0.15) is 5.75 Å². The van der Waals surface area contributed by atoms with Crippen LogP contribution in [0.2, 0.25) is 0 Å². The lowest BCUT2D eigenvalue weighted by atomic mass is 10.1. The number of rotatable bonds is 1. The van der Waals surface area contributed by atoms with E-state index in [2.05, 4.69) is 11.1 Å². The molecule has 4 nitrogen and oxygen atoms in total. The quantitative estimate of drug-likeness (QED) is 0.692. The largest absolute Gasteiger partial charge is 0.508 e. The molecule has 0 saturated heterocycles. The first-order valence-corrected chi connectivity index (χ1v) is 5.98. The molecule has 0 radical (unpaired) electrons. The van der Waals surface area contributed by atoms with Crippen LogP contribution in [0.25, 0.3) is 21.6 Å². The van der Waals surface area contributed by atoms with Gasteiger partial charge in [0.25, 0.3) is 0 Å². The normalized spacial score (nSPS) is 11.1. The van der Waals surface area contributed by atoms with Crippen LogP contribution < -0.4 is 5.73 Å². The zero-order valence-electron chi connectivity index (χ0n) is 9.21. The van der Waals surface area contributed by atoms with Gasteiger partial charge in [0, 0.05) is 7.05 Å². The fraction of sp³-hybridized carbons (Fsp3) is 0.0833. The molecule has 1 aromatic carbocycles. The number of hydrogen-bond donors (Lipinski definition) is 2. The molecular formula is C12H11N3OS. The Hall–Kier alpha value is -2.01. The Bertz CT molecular complexity index is 682. The average Bonchev–Trinajstić information content (AvgIpc) is 2.79. The van der Waals surface area contributed by atoms with E-state index in [9.17, 15) is 5.11 Å². The third-order valence-electron chi connectivity index (χ3n) is 2.76. The van der Waals surface area contributed by atoms with Gasteiger partial charge in [-0.3, -0.25) is 0 Å². The average molecular weight is 245 g/mol. The van der Waals surface area contributed by atoms with Gasteiger partial charge >= 0.3 is 0 Å². The van der Waals surface area contributed by atoms with Gasteiger partial charge in [-0.25, -0.2) is 4.98 Å². The molecule has 0 fully saturated rings. The SMILES string of the molecule is Cn1c(-c2ccc(O)cc2)cc2sc(N)nc21. The third kappa shape index (κ3) is 1.55. The van der Waals surface area contributed by atoms with Crippen LogP contribution in [0.4, 0.5) is 5.13 Å². The van der Waals surface area contributed by atoms with Crippen LogP contribution in [-0.4, -0.2) is 14.7 Å². The van der Waals surface area contributed by atoms with Crippen LogP contribution in [0.1, 0.15) is 0 Å². The number of nitrogens with two attached hydrogens (primary N) is 1. The fourth-order valence-electron chi connectivity index (χ4n) is 1.92. The van der Waals surface area contributed by atoms with E-state index < -0.39 is 0 Å². The summed E-state index contributed by atoms with van der Waals surface area (Å²) >= 11 is 1.48. The first kappa shape index (κ1) is 10.2. The Morgan fingerprint density at radius 3 is 2.65 bits per heavy atom. The minimum absolute atomic E-state index is 0.271. The molecule has 0 aliphatic carbocycles. The fourth-order valence-corrected chi connectivity index (χ4v) is 2.72. The van der Waals surface area contributed by atoms with Crippen molar-refractivity contribution in [1.82, 2.24) is 9.55 Å². The Morgan fingerprint density at radius 2 is 2.00 bits per heavy atom. The minimum atomic E-state index is 0.271. The van der Waals surface area contributed by atoms with Crippen molar-refractivity contribution in [1.29, 1.82) is 0 Å². The van der Waals surface area contributed by atoms with Crippen molar-refractivity contribution >= 4 is 26.8 Å². The standard InChI is InChI=1S/C12H11N3OS/c1-15-9(7-2-4-8(16)5-3-7)6-10-11(15)14-12(13)17-10/h2-6,16H,1H3,(H2,13,14). The number of fused-ring (bicyclic) bond motifs is 1. The molecule has 0 unspecified atom stereocenters. The van der Waals surface area contributed by atoms with E-state index in [1.807, 2.05) is 23.7 Å².